The van der Waals surface area contributed by atoms with Gasteiger partial charge in [-0.1, -0.05) is 42.5 Å². The molecule has 0 fully saturated rings. The zero-order chi connectivity index (χ0) is 31.0. The summed E-state index contributed by atoms with van der Waals surface area (Å²) < 4.78 is 46.5. The van der Waals surface area contributed by atoms with Crippen molar-refractivity contribution >= 4 is 34.0 Å². The van der Waals surface area contributed by atoms with Gasteiger partial charge in [-0.25, -0.2) is 9.59 Å². The molecule has 0 unspecified atom stereocenters. The maximum atomic E-state index is 11.5. The molecule has 3 aromatic rings. The third-order valence-electron chi connectivity index (χ3n) is 5.67. The number of methoxy groups -OCH3 is 2. The standard InChI is InChI=1S/C28H33N3O6.H2O4S/c1-35-27(33)30-22-12-8-20(9-13-22)26(21-10-14-23(15-11-21)31-28(34)36-2)16-17-29-18-24(32)19-37-25-6-4-3-5-7-25;1-5(2,3)4/h3-15,24,26,29,32H,16-19H2,1-2H3,(H,30,33)(H,31,34);(H2,1,2,3,4)/t24-;/m0./s1. The summed E-state index contributed by atoms with van der Waals surface area (Å²) in [4.78, 5) is 23.0. The summed E-state index contributed by atoms with van der Waals surface area (Å²) in [6.07, 6.45) is -0.959. The van der Waals surface area contributed by atoms with Crippen LogP contribution in [0.15, 0.2) is 78.9 Å². The van der Waals surface area contributed by atoms with Crippen LogP contribution in [0.1, 0.15) is 23.5 Å². The van der Waals surface area contributed by atoms with Crippen LogP contribution in [0.4, 0.5) is 21.0 Å². The van der Waals surface area contributed by atoms with Crippen LogP contribution in [0.25, 0.3) is 0 Å². The molecule has 14 heteroatoms. The van der Waals surface area contributed by atoms with Crippen LogP contribution in [0, 0.1) is 0 Å². The third-order valence-corrected chi connectivity index (χ3v) is 5.67. The number of ether oxygens (including phenoxy) is 3. The lowest BCUT2D eigenvalue weighted by molar-refractivity contribution is 0.106. The van der Waals surface area contributed by atoms with Gasteiger partial charge in [0.1, 0.15) is 18.5 Å². The van der Waals surface area contributed by atoms with Gasteiger partial charge in [0.05, 0.1) is 14.2 Å². The molecule has 0 spiro atoms. The van der Waals surface area contributed by atoms with E-state index in [1.54, 1.807) is 0 Å². The molecule has 0 bridgehead atoms. The molecule has 0 aromatic heterocycles. The van der Waals surface area contributed by atoms with Crippen molar-refractivity contribution in [2.24, 2.45) is 0 Å². The molecule has 42 heavy (non-hydrogen) atoms. The topological polar surface area (TPSA) is 193 Å². The van der Waals surface area contributed by atoms with E-state index in [0.717, 1.165) is 23.3 Å². The van der Waals surface area contributed by atoms with E-state index in [9.17, 15) is 14.7 Å². The number of carbonyl (C=O) groups is 2. The summed E-state index contributed by atoms with van der Waals surface area (Å²) in [5, 5.41) is 18.9. The van der Waals surface area contributed by atoms with Crippen LogP contribution >= 0.6 is 0 Å². The number of aliphatic hydroxyl groups is 1. The molecule has 1 atom stereocenters. The maximum Gasteiger partial charge on any atom is 0.411 e. The lowest BCUT2D eigenvalue weighted by Gasteiger charge is -2.20. The lowest BCUT2D eigenvalue weighted by atomic mass is 9.88. The third kappa shape index (κ3) is 13.9. The summed E-state index contributed by atoms with van der Waals surface area (Å²) in [6, 6.07) is 24.5. The highest BCUT2D eigenvalue weighted by Gasteiger charge is 2.16. The number of amides is 2. The molecule has 6 N–H and O–H groups in total. The number of aliphatic hydroxyl groups excluding tert-OH is 1. The van der Waals surface area contributed by atoms with Crippen LogP contribution in [0.2, 0.25) is 0 Å². The number of benzene rings is 3. The van der Waals surface area contributed by atoms with Gasteiger partial charge in [0.15, 0.2) is 0 Å². The molecule has 13 nitrogen and oxygen atoms in total. The molecule has 3 rings (SSSR count). The van der Waals surface area contributed by atoms with Crippen molar-refractivity contribution < 1.29 is 46.4 Å². The second-order valence-electron chi connectivity index (χ2n) is 8.75. The fraction of sp³-hybridized carbons (Fsp3) is 0.286. The Morgan fingerprint density at radius 1 is 0.786 bits per heavy atom. The first-order valence-corrected chi connectivity index (χ1v) is 14.0. The fourth-order valence-corrected chi connectivity index (χ4v) is 3.74. The molecule has 0 aliphatic carbocycles. The number of anilines is 2. The van der Waals surface area contributed by atoms with Crippen molar-refractivity contribution in [3.63, 3.8) is 0 Å². The predicted molar refractivity (Wildman–Crippen MR) is 156 cm³/mol. The molecular formula is C28H35N3O10S. The van der Waals surface area contributed by atoms with Gasteiger partial charge in [-0.15, -0.1) is 0 Å². The van der Waals surface area contributed by atoms with E-state index in [4.69, 9.17) is 22.3 Å². The summed E-state index contributed by atoms with van der Waals surface area (Å²) in [7, 11) is -2.04. The van der Waals surface area contributed by atoms with Crippen LogP contribution in [-0.2, 0) is 19.9 Å². The van der Waals surface area contributed by atoms with E-state index in [1.807, 2.05) is 78.9 Å². The molecule has 0 saturated carbocycles. The average molecular weight is 606 g/mol. The van der Waals surface area contributed by atoms with Gasteiger partial charge in [0, 0.05) is 23.8 Å². The number of hydrogen-bond acceptors (Lipinski definition) is 9. The second-order valence-corrected chi connectivity index (χ2v) is 9.64. The van der Waals surface area contributed by atoms with E-state index in [1.165, 1.54) is 14.2 Å². The van der Waals surface area contributed by atoms with Crippen LogP contribution in [0.5, 0.6) is 5.75 Å². The molecule has 0 aliphatic rings. The first kappa shape index (κ1) is 34.0. The fourth-order valence-electron chi connectivity index (χ4n) is 3.74. The first-order chi connectivity index (χ1) is 20.0. The van der Waals surface area contributed by atoms with Crippen LogP contribution in [0.3, 0.4) is 0 Å². The molecule has 0 aliphatic heterocycles. The summed E-state index contributed by atoms with van der Waals surface area (Å²) in [6.45, 7) is 1.24. The maximum absolute atomic E-state index is 11.5. The number of carbonyl (C=O) groups excluding carboxylic acids is 2. The second kappa shape index (κ2) is 17.6. The van der Waals surface area contributed by atoms with E-state index in [2.05, 4.69) is 25.4 Å². The van der Waals surface area contributed by atoms with Gasteiger partial charge in [-0.05, 0) is 60.5 Å². The zero-order valence-electron chi connectivity index (χ0n) is 23.1. The Kier molecular flexibility index (Phi) is 14.2. The molecule has 0 heterocycles. The Morgan fingerprint density at radius 2 is 1.24 bits per heavy atom. The molecule has 0 saturated heterocycles. The highest BCUT2D eigenvalue weighted by atomic mass is 32.3. The van der Waals surface area contributed by atoms with Gasteiger partial charge in [-0.2, -0.15) is 8.42 Å². The Labute approximate surface area is 244 Å². The van der Waals surface area contributed by atoms with E-state index in [-0.39, 0.29) is 12.5 Å². The summed E-state index contributed by atoms with van der Waals surface area (Å²) >= 11 is 0. The minimum absolute atomic E-state index is 0.0320. The molecule has 228 valence electrons. The molecular weight excluding hydrogens is 570 g/mol. The van der Waals surface area contributed by atoms with Crippen LogP contribution < -0.4 is 20.7 Å². The smallest absolute Gasteiger partial charge is 0.411 e. The minimum atomic E-state index is -4.67. The van der Waals surface area contributed by atoms with Crippen LogP contribution in [-0.4, -0.2) is 74.8 Å². The number of nitrogens with one attached hydrogen (secondary N) is 3. The van der Waals surface area contributed by atoms with Crippen molar-refractivity contribution in [3.05, 3.63) is 90.0 Å². The number of para-hydroxylation sites is 1. The minimum Gasteiger partial charge on any atom is -0.491 e. The van der Waals surface area contributed by atoms with E-state index >= 15 is 0 Å². The Bertz CT molecular complexity index is 1270. The van der Waals surface area contributed by atoms with Crippen molar-refractivity contribution in [2.75, 3.05) is 44.5 Å². The number of hydrogen-bond donors (Lipinski definition) is 6. The van der Waals surface area contributed by atoms with E-state index in [0.29, 0.717) is 24.5 Å². The predicted octanol–water partition coefficient (Wildman–Crippen LogP) is 3.94. The largest absolute Gasteiger partial charge is 0.491 e. The summed E-state index contributed by atoms with van der Waals surface area (Å²) in [5.41, 5.74) is 3.37. The normalized spacial score (nSPS) is 11.5. The Balaban J connectivity index is 0.00000113. The Morgan fingerprint density at radius 3 is 1.67 bits per heavy atom. The quantitative estimate of drug-likeness (QED) is 0.129. The van der Waals surface area contributed by atoms with Gasteiger partial charge in [0.2, 0.25) is 0 Å². The Hall–Kier alpha value is -4.21. The molecule has 2 amide bonds. The van der Waals surface area contributed by atoms with Gasteiger partial charge >= 0.3 is 22.6 Å². The van der Waals surface area contributed by atoms with Gasteiger partial charge in [0.25, 0.3) is 0 Å². The SMILES string of the molecule is COC(=O)Nc1ccc(C(CCNC[C@H](O)COc2ccccc2)c2ccc(NC(=O)OC)cc2)cc1.O=S(=O)(O)O. The van der Waals surface area contributed by atoms with E-state index < -0.39 is 28.7 Å². The highest BCUT2D eigenvalue weighted by molar-refractivity contribution is 7.79. The van der Waals surface area contributed by atoms with Gasteiger partial charge < -0.3 is 24.6 Å². The summed E-state index contributed by atoms with van der Waals surface area (Å²) in [5.74, 6) is 0.751. The van der Waals surface area contributed by atoms with Crippen molar-refractivity contribution in [1.29, 1.82) is 0 Å². The number of rotatable bonds is 12. The highest BCUT2D eigenvalue weighted by Crippen LogP contribution is 2.30. The lowest BCUT2D eigenvalue weighted by Crippen LogP contribution is -2.32. The van der Waals surface area contributed by atoms with Crippen molar-refractivity contribution in [2.45, 2.75) is 18.4 Å². The van der Waals surface area contributed by atoms with Crippen molar-refractivity contribution in [1.82, 2.24) is 5.32 Å². The first-order valence-electron chi connectivity index (χ1n) is 12.6. The molecule has 0 radical (unpaired) electrons. The monoisotopic (exact) mass is 605 g/mol. The zero-order valence-corrected chi connectivity index (χ0v) is 23.9. The average Bonchev–Trinajstić information content (AvgIpc) is 2.97. The molecule has 3 aromatic carbocycles. The van der Waals surface area contributed by atoms with Gasteiger partial charge in [-0.3, -0.25) is 19.7 Å². The van der Waals surface area contributed by atoms with Crippen molar-refractivity contribution in [3.8, 4) is 5.75 Å².